The van der Waals surface area contributed by atoms with Crippen LogP contribution in [0.2, 0.25) is 0 Å². The fourth-order valence-corrected chi connectivity index (χ4v) is 2.13. The highest BCUT2D eigenvalue weighted by Gasteiger charge is 2.13. The van der Waals surface area contributed by atoms with E-state index in [4.69, 9.17) is 27.6 Å². The van der Waals surface area contributed by atoms with Gasteiger partial charge in [-0.15, -0.1) is 23.2 Å². The third-order valence-corrected chi connectivity index (χ3v) is 2.71. The fourth-order valence-electron chi connectivity index (χ4n) is 0.639. The number of hydrogen-bond donors (Lipinski definition) is 1. The average Bonchev–Trinajstić information content (AvgIpc) is 1.89. The maximum absolute atomic E-state index is 5.62. The van der Waals surface area contributed by atoms with Crippen LogP contribution in [0.25, 0.3) is 0 Å². The maximum atomic E-state index is 5.62. The first-order chi connectivity index (χ1) is 4.72. The van der Waals surface area contributed by atoms with Gasteiger partial charge in [-0.25, -0.2) is 0 Å². The summed E-state index contributed by atoms with van der Waals surface area (Å²) in [5.41, 5.74) is 0. The Morgan fingerprint density at radius 3 is 2.40 bits per heavy atom. The van der Waals surface area contributed by atoms with Crippen LogP contribution in [-0.4, -0.2) is 27.2 Å². The lowest BCUT2D eigenvalue weighted by atomic mass is 10.2. The molecule has 0 aromatic rings. The van der Waals surface area contributed by atoms with Crippen molar-refractivity contribution in [1.82, 2.24) is 0 Å². The molecule has 1 nitrogen and oxygen atoms in total. The van der Waals surface area contributed by atoms with Gasteiger partial charge in [0.15, 0.2) is 0 Å². The maximum Gasteiger partial charge on any atom is 0.146 e. The van der Waals surface area contributed by atoms with Crippen LogP contribution < -0.4 is 0 Å². The molecule has 0 aromatic heterocycles. The van der Waals surface area contributed by atoms with Crippen LogP contribution in [0, 0.1) is 0 Å². The van der Waals surface area contributed by atoms with E-state index in [2.05, 4.69) is 12.6 Å². The van der Waals surface area contributed by atoms with Gasteiger partial charge in [0.25, 0.3) is 0 Å². The Bertz CT molecular complexity index is 84.0. The lowest BCUT2D eigenvalue weighted by Crippen LogP contribution is -2.19. The van der Waals surface area contributed by atoms with E-state index in [0.717, 1.165) is 18.6 Å². The van der Waals surface area contributed by atoms with Crippen molar-refractivity contribution in [2.24, 2.45) is 0 Å². The Morgan fingerprint density at radius 2 is 2.10 bits per heavy atom. The van der Waals surface area contributed by atoms with Crippen LogP contribution in [0.4, 0.5) is 0 Å². The SMILES string of the molecule is [SiH3]OC(CCCS)C(Cl)Cl. The topological polar surface area (TPSA) is 9.23 Å². The molecule has 0 fully saturated rings. The predicted octanol–water partition coefficient (Wildman–Crippen LogP) is 1.17. The summed E-state index contributed by atoms with van der Waals surface area (Å²) >= 11 is 15.3. The summed E-state index contributed by atoms with van der Waals surface area (Å²) in [4.78, 5) is -0.391. The molecule has 1 unspecified atom stereocenters. The Morgan fingerprint density at radius 1 is 1.50 bits per heavy atom. The molecule has 0 heterocycles. The Kier molecular flexibility index (Phi) is 7.55. The first-order valence-corrected chi connectivity index (χ1v) is 5.46. The summed E-state index contributed by atoms with van der Waals surface area (Å²) in [6.45, 7) is 0. The van der Waals surface area contributed by atoms with E-state index in [9.17, 15) is 0 Å². The molecule has 0 bridgehead atoms. The van der Waals surface area contributed by atoms with Gasteiger partial charge in [-0.1, -0.05) is 0 Å². The Labute approximate surface area is 80.4 Å². The first kappa shape index (κ1) is 11.1. The monoisotopic (exact) mass is 218 g/mol. The van der Waals surface area contributed by atoms with Gasteiger partial charge in [-0.05, 0) is 18.6 Å². The van der Waals surface area contributed by atoms with Gasteiger partial charge >= 0.3 is 0 Å². The van der Waals surface area contributed by atoms with E-state index in [1.54, 1.807) is 0 Å². The number of halogens is 2. The van der Waals surface area contributed by atoms with Crippen LogP contribution in [0.3, 0.4) is 0 Å². The Balaban J connectivity index is 3.40. The molecule has 0 aliphatic carbocycles. The van der Waals surface area contributed by atoms with Gasteiger partial charge in [0, 0.05) is 0 Å². The minimum absolute atomic E-state index is 0.0159. The minimum atomic E-state index is -0.391. The van der Waals surface area contributed by atoms with Crippen LogP contribution >= 0.6 is 35.8 Å². The summed E-state index contributed by atoms with van der Waals surface area (Å²) in [6.07, 6.45) is 1.93. The second kappa shape index (κ2) is 6.79. The summed E-state index contributed by atoms with van der Waals surface area (Å²) in [6, 6.07) is 0. The van der Waals surface area contributed by atoms with Crippen molar-refractivity contribution in [2.45, 2.75) is 23.8 Å². The van der Waals surface area contributed by atoms with E-state index in [0.29, 0.717) is 10.5 Å². The first-order valence-electron chi connectivity index (χ1n) is 3.14. The number of thiol groups is 1. The second-order valence-corrected chi connectivity index (χ2v) is 4.06. The molecule has 0 radical (unpaired) electrons. The molecular weight excluding hydrogens is 207 g/mol. The second-order valence-electron chi connectivity index (χ2n) is 1.97. The molecule has 0 amide bonds. The van der Waals surface area contributed by atoms with E-state index in [1.807, 2.05) is 0 Å². The van der Waals surface area contributed by atoms with Gasteiger partial charge in [-0.2, -0.15) is 12.6 Å². The molecule has 0 aliphatic rings. The lowest BCUT2D eigenvalue weighted by Gasteiger charge is -2.15. The summed E-state index contributed by atoms with van der Waals surface area (Å²) < 4.78 is 5.15. The van der Waals surface area contributed by atoms with Crippen molar-refractivity contribution < 1.29 is 4.43 Å². The smallest absolute Gasteiger partial charge is 0.146 e. The molecular formula is C5H12Cl2OSSi. The molecule has 0 saturated heterocycles. The molecule has 62 valence electrons. The fraction of sp³-hybridized carbons (Fsp3) is 1.00. The van der Waals surface area contributed by atoms with Gasteiger partial charge < -0.3 is 4.43 Å². The van der Waals surface area contributed by atoms with E-state index in [1.165, 1.54) is 0 Å². The molecule has 5 heteroatoms. The van der Waals surface area contributed by atoms with Crippen LogP contribution in [-0.2, 0) is 4.43 Å². The zero-order valence-corrected chi connectivity index (χ0v) is 10.3. The van der Waals surface area contributed by atoms with Gasteiger partial charge in [0.1, 0.15) is 15.3 Å². The molecule has 0 spiro atoms. The summed E-state index contributed by atoms with van der Waals surface area (Å²) in [5.74, 6) is 0.863. The zero-order chi connectivity index (χ0) is 7.98. The van der Waals surface area contributed by atoms with E-state index < -0.39 is 4.84 Å². The highest BCUT2D eigenvalue weighted by molar-refractivity contribution is 7.80. The molecule has 0 saturated carbocycles. The molecule has 0 N–H and O–H groups in total. The largest absolute Gasteiger partial charge is 0.422 e. The standard InChI is InChI=1S/C5H12Cl2OSSi/c6-5(7)4(8-10)2-1-3-9/h4-5,9H,1-3H2,10H3. The van der Waals surface area contributed by atoms with Gasteiger partial charge in [-0.3, -0.25) is 0 Å². The molecule has 1 atom stereocenters. The van der Waals surface area contributed by atoms with Crippen molar-refractivity contribution in [3.8, 4) is 0 Å². The minimum Gasteiger partial charge on any atom is -0.422 e. The third kappa shape index (κ3) is 4.85. The van der Waals surface area contributed by atoms with Gasteiger partial charge in [0.2, 0.25) is 0 Å². The molecule has 0 rings (SSSR count). The normalized spacial score (nSPS) is 14.4. The van der Waals surface area contributed by atoms with Crippen LogP contribution in [0.15, 0.2) is 0 Å². The average molecular weight is 219 g/mol. The van der Waals surface area contributed by atoms with Crippen molar-refractivity contribution in [1.29, 1.82) is 0 Å². The van der Waals surface area contributed by atoms with Crippen molar-refractivity contribution in [3.05, 3.63) is 0 Å². The van der Waals surface area contributed by atoms with Gasteiger partial charge in [0.05, 0.1) is 6.10 Å². The predicted molar refractivity (Wildman–Crippen MR) is 53.4 cm³/mol. The lowest BCUT2D eigenvalue weighted by molar-refractivity contribution is 0.224. The number of hydrogen-bond acceptors (Lipinski definition) is 2. The highest BCUT2D eigenvalue weighted by Crippen LogP contribution is 2.15. The van der Waals surface area contributed by atoms with Crippen molar-refractivity contribution in [2.75, 3.05) is 5.75 Å². The van der Waals surface area contributed by atoms with E-state index >= 15 is 0 Å². The number of alkyl halides is 2. The zero-order valence-electron chi connectivity index (χ0n) is 5.89. The van der Waals surface area contributed by atoms with E-state index in [-0.39, 0.29) is 6.10 Å². The molecule has 10 heavy (non-hydrogen) atoms. The van der Waals surface area contributed by atoms with Crippen LogP contribution in [0.1, 0.15) is 12.8 Å². The Hall–Kier alpha value is 1.11. The third-order valence-electron chi connectivity index (χ3n) is 1.23. The summed E-state index contributed by atoms with van der Waals surface area (Å²) in [5, 5.41) is 0. The van der Waals surface area contributed by atoms with Crippen LogP contribution in [0.5, 0.6) is 0 Å². The van der Waals surface area contributed by atoms with Crippen molar-refractivity contribution >= 4 is 46.3 Å². The molecule has 0 aliphatic heterocycles. The summed E-state index contributed by atoms with van der Waals surface area (Å²) in [7, 11) is 0.693. The highest BCUT2D eigenvalue weighted by atomic mass is 35.5. The van der Waals surface area contributed by atoms with Crippen molar-refractivity contribution in [3.63, 3.8) is 0 Å². The molecule has 0 aromatic carbocycles. The number of rotatable bonds is 5. The quantitative estimate of drug-likeness (QED) is 0.415.